The van der Waals surface area contributed by atoms with E-state index >= 15 is 0 Å². The molecule has 1 aliphatic heterocycles. The van der Waals surface area contributed by atoms with Crippen molar-refractivity contribution in [1.82, 2.24) is 10.2 Å². The third kappa shape index (κ3) is 3.35. The molecule has 0 aromatic rings. The third-order valence-corrected chi connectivity index (χ3v) is 3.47. The molecule has 0 aromatic carbocycles. The third-order valence-electron chi connectivity index (χ3n) is 3.47. The van der Waals surface area contributed by atoms with Gasteiger partial charge < -0.3 is 10.1 Å². The van der Waals surface area contributed by atoms with E-state index in [0.717, 1.165) is 32.5 Å². The summed E-state index contributed by atoms with van der Waals surface area (Å²) in [5, 5.41) is 3.38. The lowest BCUT2D eigenvalue weighted by Gasteiger charge is -2.46. The molecule has 1 fully saturated rings. The lowest BCUT2D eigenvalue weighted by molar-refractivity contribution is -0.0136. The smallest absolute Gasteiger partial charge is 0.410 e. The zero-order valence-electron chi connectivity index (χ0n) is 11.8. The first-order chi connectivity index (χ1) is 7.84. The molecule has 0 saturated carbocycles. The van der Waals surface area contributed by atoms with Crippen molar-refractivity contribution in [2.75, 3.05) is 19.6 Å². The normalized spacial score (nSPS) is 20.2. The molecule has 1 amide bonds. The minimum Gasteiger partial charge on any atom is -0.444 e. The van der Waals surface area contributed by atoms with Crippen molar-refractivity contribution >= 4 is 6.09 Å². The number of carbonyl (C=O) groups is 1. The van der Waals surface area contributed by atoms with E-state index in [9.17, 15) is 4.79 Å². The molecule has 0 atom stereocenters. The first kappa shape index (κ1) is 14.3. The van der Waals surface area contributed by atoms with E-state index in [0.29, 0.717) is 0 Å². The van der Waals surface area contributed by atoms with Crippen molar-refractivity contribution in [3.63, 3.8) is 0 Å². The van der Waals surface area contributed by atoms with Crippen molar-refractivity contribution in [2.45, 2.75) is 58.6 Å². The number of hydrogen-bond donors (Lipinski definition) is 1. The average molecular weight is 242 g/mol. The molecule has 0 aromatic heterocycles. The number of rotatable bonds is 2. The van der Waals surface area contributed by atoms with Crippen LogP contribution >= 0.6 is 0 Å². The molecule has 100 valence electrons. The van der Waals surface area contributed by atoms with E-state index in [-0.39, 0.29) is 11.6 Å². The van der Waals surface area contributed by atoms with E-state index in [4.69, 9.17) is 4.74 Å². The maximum absolute atomic E-state index is 12.2. The Morgan fingerprint density at radius 1 is 1.35 bits per heavy atom. The summed E-state index contributed by atoms with van der Waals surface area (Å²) in [6, 6.07) is 0. The highest BCUT2D eigenvalue weighted by Gasteiger charge is 2.40. The second-order valence-corrected chi connectivity index (χ2v) is 5.74. The van der Waals surface area contributed by atoms with Gasteiger partial charge in [0.05, 0.1) is 5.54 Å². The van der Waals surface area contributed by atoms with Crippen molar-refractivity contribution in [1.29, 1.82) is 0 Å². The number of ether oxygens (including phenoxy) is 1. The van der Waals surface area contributed by atoms with Gasteiger partial charge >= 0.3 is 6.09 Å². The van der Waals surface area contributed by atoms with Crippen molar-refractivity contribution in [3.05, 3.63) is 0 Å². The summed E-state index contributed by atoms with van der Waals surface area (Å²) >= 11 is 0. The summed E-state index contributed by atoms with van der Waals surface area (Å²) in [5.41, 5.74) is -0.504. The zero-order valence-corrected chi connectivity index (χ0v) is 11.8. The topological polar surface area (TPSA) is 41.6 Å². The van der Waals surface area contributed by atoms with Gasteiger partial charge in [0.1, 0.15) is 5.60 Å². The van der Waals surface area contributed by atoms with E-state index < -0.39 is 5.60 Å². The standard InChI is InChI=1S/C13H26N2O2/c1-6-13(7-2)10-14-8-9-15(13)11(16)17-12(3,4)5/h14H,6-10H2,1-5H3. The van der Waals surface area contributed by atoms with Gasteiger partial charge in [-0.05, 0) is 33.6 Å². The number of hydrogen-bond acceptors (Lipinski definition) is 3. The van der Waals surface area contributed by atoms with Crippen LogP contribution in [0.4, 0.5) is 4.79 Å². The highest BCUT2D eigenvalue weighted by atomic mass is 16.6. The zero-order chi connectivity index (χ0) is 13.1. The van der Waals surface area contributed by atoms with Crippen LogP contribution < -0.4 is 5.32 Å². The van der Waals surface area contributed by atoms with Gasteiger partial charge in [-0.3, -0.25) is 4.90 Å². The Bertz CT molecular complexity index is 267. The highest BCUT2D eigenvalue weighted by molar-refractivity contribution is 5.69. The highest BCUT2D eigenvalue weighted by Crippen LogP contribution is 2.27. The Hall–Kier alpha value is -0.770. The number of piperazine rings is 1. The van der Waals surface area contributed by atoms with Crippen LogP contribution in [0, 0.1) is 0 Å². The molecule has 0 radical (unpaired) electrons. The predicted octanol–water partition coefficient (Wildman–Crippen LogP) is 2.39. The van der Waals surface area contributed by atoms with Crippen LogP contribution in [0.2, 0.25) is 0 Å². The Labute approximate surface area is 105 Å². The molecule has 4 nitrogen and oxygen atoms in total. The van der Waals surface area contributed by atoms with Crippen LogP contribution in [-0.4, -0.2) is 41.8 Å². The van der Waals surface area contributed by atoms with Gasteiger partial charge in [0.2, 0.25) is 0 Å². The Kier molecular flexibility index (Phi) is 4.42. The fraction of sp³-hybridized carbons (Fsp3) is 0.923. The van der Waals surface area contributed by atoms with Crippen molar-refractivity contribution in [2.24, 2.45) is 0 Å². The van der Waals surface area contributed by atoms with Crippen LogP contribution in [0.1, 0.15) is 47.5 Å². The summed E-state index contributed by atoms with van der Waals surface area (Å²) in [7, 11) is 0. The molecule has 0 bridgehead atoms. The Morgan fingerprint density at radius 3 is 2.41 bits per heavy atom. The molecule has 1 heterocycles. The Balaban J connectivity index is 2.81. The summed E-state index contributed by atoms with van der Waals surface area (Å²) in [6.45, 7) is 12.4. The summed E-state index contributed by atoms with van der Waals surface area (Å²) < 4.78 is 5.50. The molecule has 1 rings (SSSR count). The number of nitrogens with zero attached hydrogens (tertiary/aromatic N) is 1. The lowest BCUT2D eigenvalue weighted by atomic mass is 9.89. The van der Waals surface area contributed by atoms with E-state index in [2.05, 4.69) is 19.2 Å². The minimum absolute atomic E-state index is 0.0828. The van der Waals surface area contributed by atoms with Gasteiger partial charge in [-0.25, -0.2) is 4.79 Å². The molecular weight excluding hydrogens is 216 g/mol. The summed E-state index contributed by atoms with van der Waals surface area (Å²) in [6.07, 6.45) is 1.73. The number of carbonyl (C=O) groups excluding carboxylic acids is 1. The Morgan fingerprint density at radius 2 is 1.94 bits per heavy atom. The van der Waals surface area contributed by atoms with Crippen LogP contribution in [0.15, 0.2) is 0 Å². The predicted molar refractivity (Wildman–Crippen MR) is 69.1 cm³/mol. The largest absolute Gasteiger partial charge is 0.444 e. The van der Waals surface area contributed by atoms with Crippen molar-refractivity contribution < 1.29 is 9.53 Å². The van der Waals surface area contributed by atoms with Gasteiger partial charge in [-0.2, -0.15) is 0 Å². The first-order valence-corrected chi connectivity index (χ1v) is 6.56. The quantitative estimate of drug-likeness (QED) is 0.808. The minimum atomic E-state index is -0.421. The van der Waals surface area contributed by atoms with Crippen LogP contribution in [0.25, 0.3) is 0 Å². The van der Waals surface area contributed by atoms with Crippen LogP contribution in [-0.2, 0) is 4.74 Å². The molecule has 0 aliphatic carbocycles. The van der Waals surface area contributed by atoms with E-state index in [1.807, 2.05) is 25.7 Å². The van der Waals surface area contributed by atoms with Crippen molar-refractivity contribution in [3.8, 4) is 0 Å². The summed E-state index contributed by atoms with van der Waals surface area (Å²) in [5.74, 6) is 0. The molecule has 4 heteroatoms. The molecule has 1 aliphatic rings. The molecule has 1 N–H and O–H groups in total. The van der Waals surface area contributed by atoms with E-state index in [1.54, 1.807) is 0 Å². The molecule has 17 heavy (non-hydrogen) atoms. The maximum Gasteiger partial charge on any atom is 0.410 e. The van der Waals surface area contributed by atoms with Crippen LogP contribution in [0.5, 0.6) is 0 Å². The fourth-order valence-electron chi connectivity index (χ4n) is 2.33. The first-order valence-electron chi connectivity index (χ1n) is 6.56. The van der Waals surface area contributed by atoms with Crippen LogP contribution in [0.3, 0.4) is 0 Å². The number of nitrogens with one attached hydrogen (secondary N) is 1. The lowest BCUT2D eigenvalue weighted by Crippen LogP contribution is -2.63. The monoisotopic (exact) mass is 242 g/mol. The van der Waals surface area contributed by atoms with Gasteiger partial charge in [0.15, 0.2) is 0 Å². The second-order valence-electron chi connectivity index (χ2n) is 5.74. The average Bonchev–Trinajstić information content (AvgIpc) is 2.26. The fourth-order valence-corrected chi connectivity index (χ4v) is 2.33. The molecule has 1 saturated heterocycles. The van der Waals surface area contributed by atoms with Gasteiger partial charge in [-0.15, -0.1) is 0 Å². The maximum atomic E-state index is 12.2. The van der Waals surface area contributed by atoms with Gasteiger partial charge in [0, 0.05) is 19.6 Å². The van der Waals surface area contributed by atoms with Gasteiger partial charge in [0.25, 0.3) is 0 Å². The second kappa shape index (κ2) is 5.25. The molecule has 0 unspecified atom stereocenters. The molecule has 0 spiro atoms. The number of amides is 1. The summed E-state index contributed by atoms with van der Waals surface area (Å²) in [4.78, 5) is 14.1. The SMILES string of the molecule is CCC1(CC)CNCCN1C(=O)OC(C)(C)C. The molecular formula is C13H26N2O2. The van der Waals surface area contributed by atoms with Gasteiger partial charge in [-0.1, -0.05) is 13.8 Å². The van der Waals surface area contributed by atoms with E-state index in [1.165, 1.54) is 0 Å².